The molecular formula is C15H24N2O3. The minimum atomic E-state index is -0.0121. The van der Waals surface area contributed by atoms with Gasteiger partial charge in [-0.1, -0.05) is 13.8 Å². The Morgan fingerprint density at radius 2 is 1.85 bits per heavy atom. The van der Waals surface area contributed by atoms with Crippen LogP contribution < -0.4 is 15.2 Å². The number of rotatable bonds is 9. The summed E-state index contributed by atoms with van der Waals surface area (Å²) in [6, 6.07) is 5.19. The first kappa shape index (κ1) is 16.3. The molecule has 0 aliphatic heterocycles. The highest BCUT2D eigenvalue weighted by Crippen LogP contribution is 2.22. The summed E-state index contributed by atoms with van der Waals surface area (Å²) in [7, 11) is 1.57. The van der Waals surface area contributed by atoms with E-state index in [1.807, 2.05) is 0 Å². The number of nitrogen functional groups attached to an aromatic ring is 1. The van der Waals surface area contributed by atoms with Crippen molar-refractivity contribution in [2.24, 2.45) is 11.7 Å². The smallest absolute Gasteiger partial charge is 0.123 e. The van der Waals surface area contributed by atoms with E-state index in [1.165, 1.54) is 0 Å². The molecule has 1 aromatic carbocycles. The molecular weight excluding hydrogens is 256 g/mol. The van der Waals surface area contributed by atoms with Crippen LogP contribution >= 0.6 is 0 Å². The number of hydrogen-bond acceptors (Lipinski definition) is 4. The van der Waals surface area contributed by atoms with Crippen LogP contribution in [0.15, 0.2) is 18.2 Å². The molecule has 0 fully saturated rings. The molecule has 5 heteroatoms. The summed E-state index contributed by atoms with van der Waals surface area (Å²) in [5, 5.41) is 7.45. The van der Waals surface area contributed by atoms with Gasteiger partial charge in [0.05, 0.1) is 13.7 Å². The van der Waals surface area contributed by atoms with Crippen LogP contribution in [-0.4, -0.2) is 32.8 Å². The summed E-state index contributed by atoms with van der Waals surface area (Å²) < 4.78 is 16.2. The molecule has 0 bridgehead atoms. The molecule has 0 aliphatic rings. The third-order valence-electron chi connectivity index (χ3n) is 2.76. The van der Waals surface area contributed by atoms with Crippen molar-refractivity contribution in [1.82, 2.24) is 0 Å². The van der Waals surface area contributed by atoms with Crippen LogP contribution in [0.1, 0.15) is 25.8 Å². The Bertz CT molecular complexity index is 433. The Labute approximate surface area is 120 Å². The third kappa shape index (κ3) is 5.93. The lowest BCUT2D eigenvalue weighted by Gasteiger charge is -2.11. The lowest BCUT2D eigenvalue weighted by atomic mass is 10.1. The van der Waals surface area contributed by atoms with Gasteiger partial charge in [0.2, 0.25) is 0 Å². The van der Waals surface area contributed by atoms with E-state index >= 15 is 0 Å². The molecule has 20 heavy (non-hydrogen) atoms. The van der Waals surface area contributed by atoms with Crippen molar-refractivity contribution < 1.29 is 14.2 Å². The second-order valence-corrected chi connectivity index (χ2v) is 4.95. The number of ether oxygens (including phenoxy) is 3. The fraction of sp³-hybridized carbons (Fsp3) is 0.533. The summed E-state index contributed by atoms with van der Waals surface area (Å²) in [6.45, 7) is 6.08. The molecule has 5 nitrogen and oxygen atoms in total. The first-order chi connectivity index (χ1) is 9.52. The monoisotopic (exact) mass is 280 g/mol. The Hall–Kier alpha value is -1.75. The number of methoxy groups -OCH3 is 1. The second kappa shape index (κ2) is 8.43. The molecule has 0 heterocycles. The first-order valence-electron chi connectivity index (χ1n) is 6.77. The van der Waals surface area contributed by atoms with E-state index in [0.29, 0.717) is 36.2 Å². The van der Waals surface area contributed by atoms with Crippen molar-refractivity contribution in [3.05, 3.63) is 23.8 Å². The normalized spacial score (nSPS) is 10.6. The molecule has 0 saturated carbocycles. The van der Waals surface area contributed by atoms with Crippen LogP contribution in [0.3, 0.4) is 0 Å². The standard InChI is InChI=1S/C15H24N2O3/c1-11(2)4-5-19-6-7-20-14-9-12(15(16)17)8-13(10-14)18-3/h8-11H,4-7H2,1-3H3,(H3,16,17). The van der Waals surface area contributed by atoms with Gasteiger partial charge in [0.15, 0.2) is 0 Å². The van der Waals surface area contributed by atoms with Crippen LogP contribution in [-0.2, 0) is 4.74 Å². The quantitative estimate of drug-likeness (QED) is 0.414. The SMILES string of the molecule is COc1cc(OCCOCCC(C)C)cc(C(=N)N)c1. The number of amidine groups is 1. The fourth-order valence-corrected chi connectivity index (χ4v) is 1.57. The highest BCUT2D eigenvalue weighted by Gasteiger charge is 2.05. The molecule has 1 rings (SSSR count). The number of hydrogen-bond donors (Lipinski definition) is 2. The van der Waals surface area contributed by atoms with Gasteiger partial charge in [-0.15, -0.1) is 0 Å². The Balaban J connectivity index is 2.43. The molecule has 0 atom stereocenters. The van der Waals surface area contributed by atoms with E-state index < -0.39 is 0 Å². The summed E-state index contributed by atoms with van der Waals surface area (Å²) in [5.41, 5.74) is 6.06. The van der Waals surface area contributed by atoms with Crippen LogP contribution in [0, 0.1) is 11.3 Å². The Morgan fingerprint density at radius 3 is 2.45 bits per heavy atom. The number of nitrogens with two attached hydrogens (primary N) is 1. The lowest BCUT2D eigenvalue weighted by Crippen LogP contribution is -2.12. The van der Waals surface area contributed by atoms with Gasteiger partial charge in [-0.3, -0.25) is 5.41 Å². The predicted molar refractivity (Wildman–Crippen MR) is 79.8 cm³/mol. The van der Waals surface area contributed by atoms with Crippen LogP contribution in [0.25, 0.3) is 0 Å². The lowest BCUT2D eigenvalue weighted by molar-refractivity contribution is 0.0925. The van der Waals surface area contributed by atoms with E-state index in [-0.39, 0.29) is 5.84 Å². The zero-order valence-corrected chi connectivity index (χ0v) is 12.4. The van der Waals surface area contributed by atoms with Crippen LogP contribution in [0.5, 0.6) is 11.5 Å². The van der Waals surface area contributed by atoms with Gasteiger partial charge >= 0.3 is 0 Å². The largest absolute Gasteiger partial charge is 0.497 e. The minimum Gasteiger partial charge on any atom is -0.497 e. The van der Waals surface area contributed by atoms with E-state index in [9.17, 15) is 0 Å². The summed E-state index contributed by atoms with van der Waals surface area (Å²) in [5.74, 6) is 1.88. The van der Waals surface area contributed by atoms with Crippen molar-refractivity contribution >= 4 is 5.84 Å². The molecule has 3 N–H and O–H groups in total. The van der Waals surface area contributed by atoms with Crippen molar-refractivity contribution in [3.8, 4) is 11.5 Å². The first-order valence-corrected chi connectivity index (χ1v) is 6.77. The maximum Gasteiger partial charge on any atom is 0.123 e. The molecule has 0 aliphatic carbocycles. The van der Waals surface area contributed by atoms with E-state index in [2.05, 4.69) is 13.8 Å². The Morgan fingerprint density at radius 1 is 1.15 bits per heavy atom. The average molecular weight is 280 g/mol. The van der Waals surface area contributed by atoms with Crippen molar-refractivity contribution in [1.29, 1.82) is 5.41 Å². The highest BCUT2D eigenvalue weighted by atomic mass is 16.5. The van der Waals surface area contributed by atoms with Gasteiger partial charge in [0.25, 0.3) is 0 Å². The molecule has 0 spiro atoms. The van der Waals surface area contributed by atoms with E-state index in [4.69, 9.17) is 25.4 Å². The summed E-state index contributed by atoms with van der Waals surface area (Å²) in [6.07, 6.45) is 1.05. The van der Waals surface area contributed by atoms with Crippen molar-refractivity contribution in [2.45, 2.75) is 20.3 Å². The predicted octanol–water partition coefficient (Wildman–Crippen LogP) is 2.42. The average Bonchev–Trinajstić information content (AvgIpc) is 2.41. The number of benzene rings is 1. The summed E-state index contributed by atoms with van der Waals surface area (Å²) >= 11 is 0. The van der Waals surface area contributed by atoms with Gasteiger partial charge < -0.3 is 19.9 Å². The van der Waals surface area contributed by atoms with Crippen LogP contribution in [0.4, 0.5) is 0 Å². The van der Waals surface area contributed by atoms with Gasteiger partial charge in [0, 0.05) is 18.2 Å². The molecule has 0 unspecified atom stereocenters. The number of nitrogens with one attached hydrogen (secondary N) is 1. The third-order valence-corrected chi connectivity index (χ3v) is 2.76. The van der Waals surface area contributed by atoms with Gasteiger partial charge in [-0.2, -0.15) is 0 Å². The van der Waals surface area contributed by atoms with Gasteiger partial charge in [0.1, 0.15) is 23.9 Å². The topological polar surface area (TPSA) is 77.6 Å². The highest BCUT2D eigenvalue weighted by molar-refractivity contribution is 5.95. The molecule has 0 amide bonds. The fourth-order valence-electron chi connectivity index (χ4n) is 1.57. The molecule has 0 saturated heterocycles. The molecule has 112 valence electrons. The maximum atomic E-state index is 7.45. The Kier molecular flexibility index (Phi) is 6.87. The molecule has 1 aromatic rings. The van der Waals surface area contributed by atoms with E-state index in [0.717, 1.165) is 13.0 Å². The zero-order valence-electron chi connectivity index (χ0n) is 12.4. The summed E-state index contributed by atoms with van der Waals surface area (Å²) in [4.78, 5) is 0. The minimum absolute atomic E-state index is 0.0121. The zero-order chi connectivity index (χ0) is 15.0. The van der Waals surface area contributed by atoms with Gasteiger partial charge in [-0.05, 0) is 24.5 Å². The second-order valence-electron chi connectivity index (χ2n) is 4.95. The van der Waals surface area contributed by atoms with Gasteiger partial charge in [-0.25, -0.2) is 0 Å². The van der Waals surface area contributed by atoms with E-state index in [1.54, 1.807) is 25.3 Å². The van der Waals surface area contributed by atoms with Crippen molar-refractivity contribution in [2.75, 3.05) is 26.9 Å². The maximum absolute atomic E-state index is 7.45. The van der Waals surface area contributed by atoms with Crippen LogP contribution in [0.2, 0.25) is 0 Å². The molecule has 0 aromatic heterocycles. The van der Waals surface area contributed by atoms with Crippen molar-refractivity contribution in [3.63, 3.8) is 0 Å². The molecule has 0 radical (unpaired) electrons.